The maximum Gasteiger partial charge on any atom is 0.354 e. The molecule has 0 spiro atoms. The monoisotopic (exact) mass is 269 g/mol. The first-order valence-corrected chi connectivity index (χ1v) is 5.30. The molecule has 0 heterocycles. The van der Waals surface area contributed by atoms with E-state index in [2.05, 4.69) is 5.16 Å². The fourth-order valence-electron chi connectivity index (χ4n) is 1.58. The summed E-state index contributed by atoms with van der Waals surface area (Å²) in [7, 11) is 4.39. The highest BCUT2D eigenvalue weighted by atomic mass is 16.5. The molecule has 0 aliphatic rings. The summed E-state index contributed by atoms with van der Waals surface area (Å²) in [5, 5.41) is 20.2. The van der Waals surface area contributed by atoms with Crippen molar-refractivity contribution in [2.75, 3.05) is 21.3 Å². The first-order valence-electron chi connectivity index (χ1n) is 5.30. The van der Waals surface area contributed by atoms with Crippen LogP contribution in [0.15, 0.2) is 17.3 Å². The maximum absolute atomic E-state index is 10.8. The lowest BCUT2D eigenvalue weighted by Gasteiger charge is -2.13. The average Bonchev–Trinajstić information content (AvgIpc) is 2.42. The van der Waals surface area contributed by atoms with Gasteiger partial charge in [0, 0.05) is 6.42 Å². The molecule has 1 aromatic carbocycles. The van der Waals surface area contributed by atoms with E-state index in [-0.39, 0.29) is 12.1 Å². The number of ether oxygens (including phenoxy) is 3. The van der Waals surface area contributed by atoms with Crippen LogP contribution in [0.1, 0.15) is 5.56 Å². The van der Waals surface area contributed by atoms with Gasteiger partial charge in [0.2, 0.25) is 5.75 Å². The number of methoxy groups -OCH3 is 3. The van der Waals surface area contributed by atoms with Crippen LogP contribution in [0.5, 0.6) is 17.2 Å². The SMILES string of the molecule is COc1cc(CC(=NO)C(=O)O)cc(OC)c1OC. The number of nitrogens with zero attached hydrogens (tertiary/aromatic N) is 1. The zero-order chi connectivity index (χ0) is 14.4. The Kier molecular flexibility index (Phi) is 4.99. The zero-order valence-corrected chi connectivity index (χ0v) is 10.8. The fourth-order valence-corrected chi connectivity index (χ4v) is 1.58. The number of rotatable bonds is 6. The molecule has 0 aliphatic carbocycles. The molecule has 104 valence electrons. The van der Waals surface area contributed by atoms with Gasteiger partial charge in [0.15, 0.2) is 17.2 Å². The smallest absolute Gasteiger partial charge is 0.354 e. The molecule has 0 unspecified atom stereocenters. The van der Waals surface area contributed by atoms with E-state index in [1.54, 1.807) is 12.1 Å². The number of benzene rings is 1. The highest BCUT2D eigenvalue weighted by Gasteiger charge is 2.17. The molecule has 19 heavy (non-hydrogen) atoms. The second kappa shape index (κ2) is 6.48. The third-order valence-corrected chi connectivity index (χ3v) is 2.46. The van der Waals surface area contributed by atoms with Crippen LogP contribution < -0.4 is 14.2 Å². The molecule has 7 nitrogen and oxygen atoms in total. The first-order chi connectivity index (χ1) is 9.07. The number of carbonyl (C=O) groups is 1. The Morgan fingerprint density at radius 2 is 1.68 bits per heavy atom. The lowest BCUT2D eigenvalue weighted by molar-refractivity contribution is -0.129. The predicted octanol–water partition coefficient (Wildman–Crippen LogP) is 1.17. The normalized spacial score (nSPS) is 11.0. The minimum absolute atomic E-state index is 0.0669. The summed E-state index contributed by atoms with van der Waals surface area (Å²) in [6, 6.07) is 3.19. The quantitative estimate of drug-likeness (QED) is 0.457. The Labute approximate surface area is 110 Å². The van der Waals surface area contributed by atoms with E-state index in [1.807, 2.05) is 0 Å². The lowest BCUT2D eigenvalue weighted by atomic mass is 10.1. The molecule has 0 saturated carbocycles. The van der Waals surface area contributed by atoms with E-state index in [1.165, 1.54) is 21.3 Å². The van der Waals surface area contributed by atoms with Crippen molar-refractivity contribution in [3.63, 3.8) is 0 Å². The predicted molar refractivity (Wildman–Crippen MR) is 66.7 cm³/mol. The highest BCUT2D eigenvalue weighted by molar-refractivity contribution is 6.35. The molecule has 0 bridgehead atoms. The van der Waals surface area contributed by atoms with Crippen LogP contribution in [0.4, 0.5) is 0 Å². The summed E-state index contributed by atoms with van der Waals surface area (Å²) >= 11 is 0. The van der Waals surface area contributed by atoms with Gasteiger partial charge < -0.3 is 24.5 Å². The van der Waals surface area contributed by atoms with Gasteiger partial charge in [-0.3, -0.25) is 0 Å². The van der Waals surface area contributed by atoms with E-state index >= 15 is 0 Å². The van der Waals surface area contributed by atoms with E-state index in [0.717, 1.165) is 0 Å². The molecule has 1 rings (SSSR count). The molecule has 2 N–H and O–H groups in total. The van der Waals surface area contributed by atoms with Crippen LogP contribution in [0.2, 0.25) is 0 Å². The van der Waals surface area contributed by atoms with Gasteiger partial charge in [-0.05, 0) is 17.7 Å². The van der Waals surface area contributed by atoms with Crippen LogP contribution in [-0.4, -0.2) is 43.3 Å². The Balaban J connectivity index is 3.20. The van der Waals surface area contributed by atoms with Crippen LogP contribution >= 0.6 is 0 Å². The van der Waals surface area contributed by atoms with Gasteiger partial charge in [0.05, 0.1) is 21.3 Å². The van der Waals surface area contributed by atoms with Crippen molar-refractivity contribution in [3.05, 3.63) is 17.7 Å². The van der Waals surface area contributed by atoms with E-state index in [9.17, 15) is 4.79 Å². The second-order valence-electron chi connectivity index (χ2n) is 3.56. The summed E-state index contributed by atoms with van der Waals surface area (Å²) < 4.78 is 15.4. The molecular weight excluding hydrogens is 254 g/mol. The number of hydrogen-bond acceptors (Lipinski definition) is 6. The third kappa shape index (κ3) is 3.27. The van der Waals surface area contributed by atoms with Crippen molar-refractivity contribution in [1.29, 1.82) is 0 Å². The molecule has 0 saturated heterocycles. The summed E-state index contributed by atoms with van der Waals surface area (Å²) in [6.07, 6.45) is -0.0669. The minimum Gasteiger partial charge on any atom is -0.493 e. The summed E-state index contributed by atoms with van der Waals surface area (Å²) in [5.74, 6) is -0.0816. The van der Waals surface area contributed by atoms with Gasteiger partial charge >= 0.3 is 5.97 Å². The number of carboxylic acids is 1. The van der Waals surface area contributed by atoms with Crippen molar-refractivity contribution in [2.45, 2.75) is 6.42 Å². The van der Waals surface area contributed by atoms with Crippen molar-refractivity contribution >= 4 is 11.7 Å². The van der Waals surface area contributed by atoms with Crippen LogP contribution in [0.25, 0.3) is 0 Å². The Morgan fingerprint density at radius 1 is 1.16 bits per heavy atom. The fraction of sp³-hybridized carbons (Fsp3) is 0.333. The number of carboxylic acid groups (broad SMARTS) is 1. The lowest BCUT2D eigenvalue weighted by Crippen LogP contribution is -2.16. The van der Waals surface area contributed by atoms with Crippen molar-refractivity contribution in [3.8, 4) is 17.2 Å². The van der Waals surface area contributed by atoms with Crippen LogP contribution in [-0.2, 0) is 11.2 Å². The summed E-state index contributed by atoms with van der Waals surface area (Å²) in [4.78, 5) is 10.8. The number of aliphatic carboxylic acids is 1. The molecule has 0 amide bonds. The third-order valence-electron chi connectivity index (χ3n) is 2.46. The van der Waals surface area contributed by atoms with Gasteiger partial charge in [-0.25, -0.2) is 4.79 Å². The van der Waals surface area contributed by atoms with Crippen molar-refractivity contribution in [1.82, 2.24) is 0 Å². The Bertz CT molecular complexity index is 472. The largest absolute Gasteiger partial charge is 0.493 e. The summed E-state index contributed by atoms with van der Waals surface area (Å²) in [6.45, 7) is 0. The van der Waals surface area contributed by atoms with Gasteiger partial charge in [0.1, 0.15) is 0 Å². The van der Waals surface area contributed by atoms with Gasteiger partial charge in [-0.1, -0.05) is 5.16 Å². The molecule has 0 aliphatic heterocycles. The second-order valence-corrected chi connectivity index (χ2v) is 3.56. The van der Waals surface area contributed by atoms with E-state index in [4.69, 9.17) is 24.5 Å². The molecule has 0 atom stereocenters. The maximum atomic E-state index is 10.8. The van der Waals surface area contributed by atoms with Crippen LogP contribution in [0, 0.1) is 0 Å². The first kappa shape index (κ1) is 14.6. The molecular formula is C12H15NO6. The van der Waals surface area contributed by atoms with Crippen molar-refractivity contribution < 1.29 is 29.3 Å². The van der Waals surface area contributed by atoms with E-state index in [0.29, 0.717) is 22.8 Å². The topological polar surface area (TPSA) is 97.6 Å². The van der Waals surface area contributed by atoms with Crippen LogP contribution in [0.3, 0.4) is 0 Å². The van der Waals surface area contributed by atoms with E-state index < -0.39 is 5.97 Å². The van der Waals surface area contributed by atoms with Gasteiger partial charge in [0.25, 0.3) is 0 Å². The molecule has 1 aromatic rings. The van der Waals surface area contributed by atoms with Gasteiger partial charge in [-0.15, -0.1) is 0 Å². The standard InChI is InChI=1S/C12H15NO6/c1-17-9-5-7(4-8(13-16)12(14)15)6-10(18-2)11(9)19-3/h5-6,16H,4H2,1-3H3,(H,14,15). The molecule has 0 fully saturated rings. The minimum atomic E-state index is -1.30. The molecule has 0 radical (unpaired) electrons. The Hall–Kier alpha value is -2.44. The summed E-state index contributed by atoms with van der Waals surface area (Å²) in [5.41, 5.74) is 0.180. The van der Waals surface area contributed by atoms with Crippen molar-refractivity contribution in [2.24, 2.45) is 5.16 Å². The average molecular weight is 269 g/mol. The molecule has 0 aromatic heterocycles. The number of oxime groups is 1. The van der Waals surface area contributed by atoms with Gasteiger partial charge in [-0.2, -0.15) is 0 Å². The zero-order valence-electron chi connectivity index (χ0n) is 10.8. The Morgan fingerprint density at radius 3 is 2.00 bits per heavy atom. The highest BCUT2D eigenvalue weighted by Crippen LogP contribution is 2.38. The number of hydrogen-bond donors (Lipinski definition) is 2. The molecule has 7 heteroatoms.